The first-order valence-electron chi connectivity index (χ1n) is 8.61. The molecule has 0 aromatic heterocycles. The summed E-state index contributed by atoms with van der Waals surface area (Å²) in [6.45, 7) is 4.41. The molecule has 0 saturated carbocycles. The number of nitrogens with zero attached hydrogens (tertiary/aromatic N) is 1. The smallest absolute Gasteiger partial charge is 0.325 e. The highest BCUT2D eigenvalue weighted by Crippen LogP contribution is 2.19. The Bertz CT molecular complexity index is 792. The molecule has 1 atom stereocenters. The Morgan fingerprint density at radius 1 is 1.25 bits per heavy atom. The van der Waals surface area contributed by atoms with Crippen molar-refractivity contribution in [2.45, 2.75) is 45.3 Å². The number of urea groups is 1. The number of benzene rings is 1. The third-order valence-electron chi connectivity index (χ3n) is 4.10. The van der Waals surface area contributed by atoms with E-state index in [1.807, 2.05) is 5.32 Å². The van der Waals surface area contributed by atoms with E-state index >= 15 is 0 Å². The van der Waals surface area contributed by atoms with Crippen LogP contribution >= 0.6 is 0 Å². The predicted molar refractivity (Wildman–Crippen MR) is 94.1 cm³/mol. The SMILES string of the molecule is C[C@@H](OC(=O)CCCN1C(=O)NC(C)(C)C1=O)C(=O)Nc1c(F)cccc1F. The van der Waals surface area contributed by atoms with Gasteiger partial charge in [0.2, 0.25) is 0 Å². The molecule has 0 unspecified atom stereocenters. The van der Waals surface area contributed by atoms with Crippen LogP contribution in [0, 0.1) is 11.6 Å². The van der Waals surface area contributed by atoms with E-state index in [0.717, 1.165) is 23.1 Å². The summed E-state index contributed by atoms with van der Waals surface area (Å²) in [5, 5.41) is 4.55. The summed E-state index contributed by atoms with van der Waals surface area (Å²) >= 11 is 0. The molecule has 1 aromatic carbocycles. The zero-order chi connectivity index (χ0) is 21.1. The van der Waals surface area contributed by atoms with Gasteiger partial charge >= 0.3 is 12.0 Å². The molecule has 8 nitrogen and oxygen atoms in total. The topological polar surface area (TPSA) is 105 Å². The van der Waals surface area contributed by atoms with Gasteiger partial charge in [0.05, 0.1) is 0 Å². The van der Waals surface area contributed by atoms with Crippen molar-refractivity contribution in [3.05, 3.63) is 29.8 Å². The minimum atomic E-state index is -1.29. The van der Waals surface area contributed by atoms with Gasteiger partial charge in [-0.25, -0.2) is 13.6 Å². The van der Waals surface area contributed by atoms with Gasteiger partial charge in [0, 0.05) is 13.0 Å². The van der Waals surface area contributed by atoms with Crippen LogP contribution in [0.15, 0.2) is 18.2 Å². The number of para-hydroxylation sites is 1. The van der Waals surface area contributed by atoms with Gasteiger partial charge < -0.3 is 15.4 Å². The standard InChI is InChI=1S/C18H21F2N3O5/c1-10(15(25)21-14-11(19)6-4-7-12(14)20)28-13(24)8-5-9-23-16(26)18(2,3)22-17(23)27/h4,6-7,10H,5,8-9H2,1-3H3,(H,21,25)(H,22,27)/t10-/m1/s1. The van der Waals surface area contributed by atoms with E-state index in [4.69, 9.17) is 4.74 Å². The third-order valence-corrected chi connectivity index (χ3v) is 4.10. The average Bonchev–Trinajstić information content (AvgIpc) is 2.79. The monoisotopic (exact) mass is 397 g/mol. The Kier molecular flexibility index (Phi) is 6.32. The Balaban J connectivity index is 1.80. The first-order valence-corrected chi connectivity index (χ1v) is 8.61. The number of nitrogens with one attached hydrogen (secondary N) is 2. The number of amides is 4. The summed E-state index contributed by atoms with van der Waals surface area (Å²) < 4.78 is 32.0. The van der Waals surface area contributed by atoms with E-state index in [1.54, 1.807) is 13.8 Å². The molecule has 1 saturated heterocycles. The number of imide groups is 1. The fourth-order valence-corrected chi connectivity index (χ4v) is 2.55. The minimum Gasteiger partial charge on any atom is -0.453 e. The van der Waals surface area contributed by atoms with Gasteiger partial charge in [-0.1, -0.05) is 6.07 Å². The van der Waals surface area contributed by atoms with E-state index < -0.39 is 52.8 Å². The molecule has 2 rings (SSSR count). The molecule has 1 aliphatic rings. The second-order valence-corrected chi connectivity index (χ2v) is 6.83. The normalized spacial score (nSPS) is 16.5. The fraction of sp³-hybridized carbons (Fsp3) is 0.444. The van der Waals surface area contributed by atoms with E-state index in [9.17, 15) is 28.0 Å². The van der Waals surface area contributed by atoms with Crippen molar-refractivity contribution in [3.8, 4) is 0 Å². The number of esters is 1. The molecule has 0 aliphatic carbocycles. The molecule has 28 heavy (non-hydrogen) atoms. The van der Waals surface area contributed by atoms with Crippen LogP contribution in [0.2, 0.25) is 0 Å². The summed E-state index contributed by atoms with van der Waals surface area (Å²) in [4.78, 5) is 48.6. The number of rotatable bonds is 7. The van der Waals surface area contributed by atoms with E-state index in [0.29, 0.717) is 0 Å². The van der Waals surface area contributed by atoms with E-state index in [2.05, 4.69) is 5.32 Å². The molecule has 1 fully saturated rings. The van der Waals surface area contributed by atoms with Crippen molar-refractivity contribution in [1.29, 1.82) is 0 Å². The Morgan fingerprint density at radius 3 is 2.39 bits per heavy atom. The first kappa shape index (κ1) is 21.3. The van der Waals surface area contributed by atoms with Crippen LogP contribution < -0.4 is 10.6 Å². The number of carbonyl (C=O) groups excluding carboxylic acids is 4. The number of hydrogen-bond donors (Lipinski definition) is 2. The average molecular weight is 397 g/mol. The largest absolute Gasteiger partial charge is 0.453 e. The van der Waals surface area contributed by atoms with Crippen LogP contribution in [0.5, 0.6) is 0 Å². The second kappa shape index (κ2) is 8.32. The summed E-state index contributed by atoms with van der Waals surface area (Å²) in [6, 6.07) is 2.57. The molecule has 10 heteroatoms. The Labute approximate surface area is 160 Å². The van der Waals surface area contributed by atoms with Gasteiger partial charge in [-0.2, -0.15) is 0 Å². The van der Waals surface area contributed by atoms with Crippen molar-refractivity contribution >= 4 is 29.5 Å². The first-order chi connectivity index (χ1) is 13.0. The van der Waals surface area contributed by atoms with Crippen LogP contribution in [0.25, 0.3) is 0 Å². The van der Waals surface area contributed by atoms with Crippen LogP contribution in [-0.2, 0) is 19.1 Å². The molecular weight excluding hydrogens is 376 g/mol. The van der Waals surface area contributed by atoms with Crippen molar-refractivity contribution in [3.63, 3.8) is 0 Å². The Morgan fingerprint density at radius 2 is 1.86 bits per heavy atom. The lowest BCUT2D eigenvalue weighted by molar-refractivity contribution is -0.153. The number of anilines is 1. The van der Waals surface area contributed by atoms with Crippen LogP contribution in [-0.4, -0.2) is 46.9 Å². The maximum absolute atomic E-state index is 13.5. The van der Waals surface area contributed by atoms with Crippen molar-refractivity contribution in [1.82, 2.24) is 10.2 Å². The quantitative estimate of drug-likeness (QED) is 0.541. The molecule has 1 aliphatic heterocycles. The summed E-state index contributed by atoms with van der Waals surface area (Å²) in [6.07, 6.45) is -1.30. The van der Waals surface area contributed by atoms with Gasteiger partial charge in [0.15, 0.2) is 6.10 Å². The highest BCUT2D eigenvalue weighted by Gasteiger charge is 2.43. The highest BCUT2D eigenvalue weighted by atomic mass is 19.1. The second-order valence-electron chi connectivity index (χ2n) is 6.83. The number of hydrogen-bond acceptors (Lipinski definition) is 5. The van der Waals surface area contributed by atoms with Crippen molar-refractivity contribution in [2.24, 2.45) is 0 Å². The maximum Gasteiger partial charge on any atom is 0.325 e. The van der Waals surface area contributed by atoms with E-state index in [1.165, 1.54) is 6.92 Å². The molecule has 0 radical (unpaired) electrons. The molecule has 1 aromatic rings. The molecule has 0 spiro atoms. The van der Waals surface area contributed by atoms with Gasteiger partial charge in [0.25, 0.3) is 11.8 Å². The number of ether oxygens (including phenoxy) is 1. The highest BCUT2D eigenvalue weighted by molar-refractivity contribution is 6.06. The van der Waals surface area contributed by atoms with Gasteiger partial charge in [-0.3, -0.25) is 19.3 Å². The summed E-state index contributed by atoms with van der Waals surface area (Å²) in [5.41, 5.74) is -1.62. The molecule has 4 amide bonds. The van der Waals surface area contributed by atoms with Crippen LogP contribution in [0.3, 0.4) is 0 Å². The summed E-state index contributed by atoms with van der Waals surface area (Å²) in [7, 11) is 0. The third kappa shape index (κ3) is 4.81. The molecule has 0 bridgehead atoms. The number of carbonyl (C=O) groups is 4. The maximum atomic E-state index is 13.5. The van der Waals surface area contributed by atoms with Crippen LogP contribution in [0.1, 0.15) is 33.6 Å². The molecule has 152 valence electrons. The van der Waals surface area contributed by atoms with Gasteiger partial charge in [-0.05, 0) is 39.3 Å². The number of halogens is 2. The zero-order valence-electron chi connectivity index (χ0n) is 15.7. The molecule has 1 heterocycles. The van der Waals surface area contributed by atoms with Crippen molar-refractivity contribution in [2.75, 3.05) is 11.9 Å². The fourth-order valence-electron chi connectivity index (χ4n) is 2.55. The molecular formula is C18H21F2N3O5. The molecule has 2 N–H and O–H groups in total. The van der Waals surface area contributed by atoms with Crippen molar-refractivity contribution < 1.29 is 32.7 Å². The van der Waals surface area contributed by atoms with Gasteiger partial charge in [-0.15, -0.1) is 0 Å². The summed E-state index contributed by atoms with van der Waals surface area (Å²) in [5.74, 6) is -3.95. The lowest BCUT2D eigenvalue weighted by Gasteiger charge is -2.16. The predicted octanol–water partition coefficient (Wildman–Crippen LogP) is 1.95. The lowest BCUT2D eigenvalue weighted by atomic mass is 10.1. The minimum absolute atomic E-state index is 0.0181. The zero-order valence-corrected chi connectivity index (χ0v) is 15.7. The van der Waals surface area contributed by atoms with Crippen LogP contribution in [0.4, 0.5) is 19.3 Å². The van der Waals surface area contributed by atoms with Gasteiger partial charge in [0.1, 0.15) is 22.9 Å². The lowest BCUT2D eigenvalue weighted by Crippen LogP contribution is -2.40. The van der Waals surface area contributed by atoms with E-state index in [-0.39, 0.29) is 19.4 Å². The Hall–Kier alpha value is -3.04.